The molecule has 0 aliphatic carbocycles. The van der Waals surface area contributed by atoms with Crippen LogP contribution in [0.1, 0.15) is 12.2 Å². The molecule has 0 bridgehead atoms. The van der Waals surface area contributed by atoms with Crippen molar-refractivity contribution >= 4 is 26.0 Å². The highest BCUT2D eigenvalue weighted by atomic mass is 79.9. The molecule has 8 heteroatoms. The maximum atomic E-state index is 11.8. The zero-order valence-electron chi connectivity index (χ0n) is 9.73. The highest BCUT2D eigenvalue weighted by Crippen LogP contribution is 2.07. The van der Waals surface area contributed by atoms with Crippen molar-refractivity contribution in [1.29, 1.82) is 0 Å². The second-order valence-electron chi connectivity index (χ2n) is 3.57. The zero-order chi connectivity index (χ0) is 12.9. The summed E-state index contributed by atoms with van der Waals surface area (Å²) in [5.74, 6) is 0.572. The van der Waals surface area contributed by atoms with Crippen molar-refractivity contribution in [2.24, 2.45) is 0 Å². The third-order valence-corrected chi connectivity index (χ3v) is 4.16. The van der Waals surface area contributed by atoms with E-state index in [9.17, 15) is 8.42 Å². The van der Waals surface area contributed by atoms with E-state index in [4.69, 9.17) is 4.74 Å². The lowest BCUT2D eigenvalue weighted by atomic mass is 10.3. The number of aromatic nitrogens is 2. The second kappa shape index (κ2) is 6.48. The Morgan fingerprint density at radius 2 is 2.35 bits per heavy atom. The standard InChI is InChI=1S/C9H16BrN3O3S/c1-7-11-5-9(13-7)17(14,15)12-4-3-8(10)6-16-2/h5,8,12H,3-4,6H2,1-2H3,(H,11,13). The molecule has 6 nitrogen and oxygen atoms in total. The third-order valence-electron chi connectivity index (χ3n) is 2.07. The Labute approximate surface area is 109 Å². The van der Waals surface area contributed by atoms with Crippen LogP contribution in [-0.2, 0) is 14.8 Å². The molecular weight excluding hydrogens is 310 g/mol. The van der Waals surface area contributed by atoms with Gasteiger partial charge >= 0.3 is 0 Å². The number of nitrogens with one attached hydrogen (secondary N) is 2. The molecule has 1 atom stereocenters. The van der Waals surface area contributed by atoms with Gasteiger partial charge in [0, 0.05) is 18.5 Å². The van der Waals surface area contributed by atoms with Crippen LogP contribution in [0.15, 0.2) is 11.2 Å². The number of nitrogens with zero attached hydrogens (tertiary/aromatic N) is 1. The Kier molecular flexibility index (Phi) is 5.57. The Balaban J connectivity index is 2.46. The van der Waals surface area contributed by atoms with Crippen molar-refractivity contribution in [3.05, 3.63) is 12.0 Å². The number of alkyl halides is 1. The number of halogens is 1. The number of rotatable bonds is 7. The molecule has 17 heavy (non-hydrogen) atoms. The molecule has 1 aromatic heterocycles. The fraction of sp³-hybridized carbons (Fsp3) is 0.667. The minimum absolute atomic E-state index is 0.0906. The predicted molar refractivity (Wildman–Crippen MR) is 67.7 cm³/mol. The summed E-state index contributed by atoms with van der Waals surface area (Å²) in [6, 6.07) is 0. The molecule has 0 aliphatic heterocycles. The van der Waals surface area contributed by atoms with Crippen molar-refractivity contribution in [1.82, 2.24) is 14.7 Å². The quantitative estimate of drug-likeness (QED) is 0.726. The van der Waals surface area contributed by atoms with Crippen LogP contribution in [0.3, 0.4) is 0 Å². The molecule has 0 amide bonds. The molecule has 2 N–H and O–H groups in total. The molecular formula is C9H16BrN3O3S. The van der Waals surface area contributed by atoms with Crippen molar-refractivity contribution in [2.45, 2.75) is 23.2 Å². The fourth-order valence-corrected chi connectivity index (χ4v) is 2.74. The number of ether oxygens (including phenoxy) is 1. The summed E-state index contributed by atoms with van der Waals surface area (Å²) in [5, 5.41) is 0.0906. The van der Waals surface area contributed by atoms with E-state index in [1.807, 2.05) is 0 Å². The predicted octanol–water partition coefficient (Wildman–Crippen LogP) is 0.796. The molecule has 1 unspecified atom stereocenters. The molecule has 1 heterocycles. The van der Waals surface area contributed by atoms with Crippen LogP contribution >= 0.6 is 15.9 Å². The van der Waals surface area contributed by atoms with Crippen LogP contribution in [0.5, 0.6) is 0 Å². The first-order valence-corrected chi connectivity index (χ1v) is 7.50. The van der Waals surface area contributed by atoms with Gasteiger partial charge in [0.05, 0.1) is 12.8 Å². The van der Waals surface area contributed by atoms with Gasteiger partial charge in [-0.05, 0) is 13.3 Å². The topological polar surface area (TPSA) is 84.1 Å². The van der Waals surface area contributed by atoms with Crippen molar-refractivity contribution in [3.63, 3.8) is 0 Å². The maximum Gasteiger partial charge on any atom is 0.257 e. The summed E-state index contributed by atoms with van der Waals surface area (Å²) in [4.78, 5) is 6.67. The van der Waals surface area contributed by atoms with E-state index >= 15 is 0 Å². The first-order valence-electron chi connectivity index (χ1n) is 5.10. The van der Waals surface area contributed by atoms with Gasteiger partial charge in [-0.1, -0.05) is 15.9 Å². The first-order chi connectivity index (χ1) is 7.95. The minimum Gasteiger partial charge on any atom is -0.384 e. The summed E-state index contributed by atoms with van der Waals surface area (Å²) in [5.41, 5.74) is 0. The summed E-state index contributed by atoms with van der Waals surface area (Å²) >= 11 is 3.39. The minimum atomic E-state index is -3.48. The van der Waals surface area contributed by atoms with E-state index in [1.165, 1.54) is 6.20 Å². The van der Waals surface area contributed by atoms with E-state index in [0.717, 1.165) is 0 Å². The number of aromatic amines is 1. The molecule has 0 fully saturated rings. The number of H-pyrrole nitrogens is 1. The van der Waals surface area contributed by atoms with Gasteiger partial charge in [-0.15, -0.1) is 0 Å². The number of hydrogen-bond donors (Lipinski definition) is 2. The van der Waals surface area contributed by atoms with Crippen LogP contribution in [0.25, 0.3) is 0 Å². The average molecular weight is 326 g/mol. The number of sulfonamides is 1. The number of methoxy groups -OCH3 is 1. The van der Waals surface area contributed by atoms with Crippen molar-refractivity contribution < 1.29 is 13.2 Å². The summed E-state index contributed by atoms with van der Waals surface area (Å²) in [6.07, 6.45) is 1.96. The van der Waals surface area contributed by atoms with Gasteiger partial charge in [-0.25, -0.2) is 18.1 Å². The molecule has 1 aromatic rings. The molecule has 1 rings (SSSR count). The van der Waals surface area contributed by atoms with Gasteiger partial charge in [-0.3, -0.25) is 0 Å². The van der Waals surface area contributed by atoms with Crippen molar-refractivity contribution in [3.8, 4) is 0 Å². The monoisotopic (exact) mass is 325 g/mol. The van der Waals surface area contributed by atoms with E-state index in [0.29, 0.717) is 25.4 Å². The maximum absolute atomic E-state index is 11.8. The molecule has 0 saturated heterocycles. The highest BCUT2D eigenvalue weighted by molar-refractivity contribution is 9.09. The first kappa shape index (κ1) is 14.6. The van der Waals surface area contributed by atoms with Crippen LogP contribution in [0, 0.1) is 6.92 Å². The van der Waals surface area contributed by atoms with E-state index in [2.05, 4.69) is 30.6 Å². The summed E-state index contributed by atoms with van der Waals surface area (Å²) in [6.45, 7) is 2.59. The Hall–Kier alpha value is -0.440. The Bertz CT molecular complexity index is 446. The number of aryl methyl sites for hydroxylation is 1. The lowest BCUT2D eigenvalue weighted by Gasteiger charge is -2.09. The van der Waals surface area contributed by atoms with Gasteiger partial charge < -0.3 is 9.72 Å². The highest BCUT2D eigenvalue weighted by Gasteiger charge is 2.16. The van der Waals surface area contributed by atoms with Crippen molar-refractivity contribution in [2.75, 3.05) is 20.3 Å². The Morgan fingerprint density at radius 1 is 1.65 bits per heavy atom. The van der Waals surface area contributed by atoms with E-state index in [1.54, 1.807) is 14.0 Å². The second-order valence-corrected chi connectivity index (χ2v) is 6.60. The van der Waals surface area contributed by atoms with Gasteiger partial charge in [0.25, 0.3) is 10.0 Å². The molecule has 98 valence electrons. The normalized spacial score (nSPS) is 13.8. The van der Waals surface area contributed by atoms with Crippen LogP contribution in [-0.4, -0.2) is 43.5 Å². The Morgan fingerprint density at radius 3 is 2.88 bits per heavy atom. The van der Waals surface area contributed by atoms with Gasteiger partial charge in [0.2, 0.25) is 0 Å². The smallest absolute Gasteiger partial charge is 0.257 e. The zero-order valence-corrected chi connectivity index (χ0v) is 12.1. The summed E-state index contributed by atoms with van der Waals surface area (Å²) < 4.78 is 30.9. The molecule has 0 aliphatic rings. The SMILES string of the molecule is COCC(Br)CCNS(=O)(=O)c1cnc(C)[nH]1. The average Bonchev–Trinajstić information content (AvgIpc) is 2.65. The van der Waals surface area contributed by atoms with Crippen LogP contribution in [0.4, 0.5) is 0 Å². The van der Waals surface area contributed by atoms with Gasteiger partial charge in [-0.2, -0.15) is 0 Å². The fourth-order valence-electron chi connectivity index (χ4n) is 1.23. The van der Waals surface area contributed by atoms with Gasteiger partial charge in [0.15, 0.2) is 5.03 Å². The lowest BCUT2D eigenvalue weighted by molar-refractivity contribution is 0.199. The van der Waals surface area contributed by atoms with E-state index < -0.39 is 10.0 Å². The largest absolute Gasteiger partial charge is 0.384 e. The van der Waals surface area contributed by atoms with E-state index in [-0.39, 0.29) is 9.85 Å². The molecule has 0 aromatic carbocycles. The molecule has 0 saturated carbocycles. The van der Waals surface area contributed by atoms with Gasteiger partial charge in [0.1, 0.15) is 5.82 Å². The van der Waals surface area contributed by atoms with Crippen LogP contribution in [0.2, 0.25) is 0 Å². The lowest BCUT2D eigenvalue weighted by Crippen LogP contribution is -2.27. The van der Waals surface area contributed by atoms with Crippen LogP contribution < -0.4 is 4.72 Å². The summed E-state index contributed by atoms with van der Waals surface area (Å²) in [7, 11) is -1.88. The molecule has 0 spiro atoms. The number of imidazole rings is 1. The number of hydrogen-bond acceptors (Lipinski definition) is 4. The third kappa shape index (κ3) is 4.74. The molecule has 0 radical (unpaired) electrons.